The molecule has 0 spiro atoms. The van der Waals surface area contributed by atoms with Gasteiger partial charge in [0.1, 0.15) is 5.75 Å². The van der Waals surface area contributed by atoms with Gasteiger partial charge in [-0.15, -0.1) is 24.0 Å². The third kappa shape index (κ3) is 9.54. The molecule has 1 amide bonds. The normalized spacial score (nSPS) is 10.8. The molecule has 0 aliphatic heterocycles. The molecule has 0 aromatic heterocycles. The van der Waals surface area contributed by atoms with Crippen molar-refractivity contribution in [2.24, 2.45) is 4.99 Å². The molecular formula is C17H25F2IN4O2. The quantitative estimate of drug-likeness (QED) is 0.259. The number of amides is 1. The van der Waals surface area contributed by atoms with Gasteiger partial charge >= 0.3 is 6.61 Å². The molecule has 0 saturated heterocycles. The molecule has 0 fully saturated rings. The van der Waals surface area contributed by atoms with E-state index in [1.807, 2.05) is 6.92 Å². The van der Waals surface area contributed by atoms with Gasteiger partial charge < -0.3 is 20.3 Å². The van der Waals surface area contributed by atoms with Crippen molar-refractivity contribution in [1.29, 1.82) is 0 Å². The molecule has 0 heterocycles. The molecule has 0 unspecified atom stereocenters. The first kappa shape index (κ1) is 24.1. The zero-order valence-corrected chi connectivity index (χ0v) is 17.4. The molecule has 1 aromatic carbocycles. The minimum Gasteiger partial charge on any atom is -0.434 e. The summed E-state index contributed by atoms with van der Waals surface area (Å²) in [6.07, 6.45) is 0. The van der Waals surface area contributed by atoms with E-state index in [0.717, 1.165) is 5.57 Å². The number of hydrogen-bond acceptors (Lipinski definition) is 3. The summed E-state index contributed by atoms with van der Waals surface area (Å²) in [5, 5.41) is 5.93. The van der Waals surface area contributed by atoms with E-state index in [-0.39, 0.29) is 48.7 Å². The fraction of sp³-hybridized carbons (Fsp3) is 0.412. The van der Waals surface area contributed by atoms with Gasteiger partial charge in [-0.2, -0.15) is 8.78 Å². The number of aliphatic imine (C=N–C) groups is 1. The SMILES string of the molecule is C=C(C)CNC(=NCc1ccccc1OC(F)F)NCC(=O)N(C)C.I. The van der Waals surface area contributed by atoms with Crippen LogP contribution in [0.3, 0.4) is 0 Å². The number of nitrogens with one attached hydrogen (secondary N) is 2. The molecule has 1 rings (SSSR count). The number of likely N-dealkylation sites (N-methyl/N-ethyl adjacent to an activating group) is 1. The van der Waals surface area contributed by atoms with E-state index in [4.69, 9.17) is 0 Å². The minimum atomic E-state index is -2.90. The monoisotopic (exact) mass is 482 g/mol. The molecule has 0 aliphatic rings. The summed E-state index contributed by atoms with van der Waals surface area (Å²) in [7, 11) is 3.31. The Hall–Kier alpha value is -1.91. The standard InChI is InChI=1S/C17H24F2N4O2.HI/c1-12(2)9-20-17(22-11-15(24)23(3)4)21-10-13-7-5-6-8-14(13)25-16(18)19;/h5-8,16H,1,9-11H2,2-4H3,(H2,20,21,22);1H. The summed E-state index contributed by atoms with van der Waals surface area (Å²) < 4.78 is 29.4. The molecule has 26 heavy (non-hydrogen) atoms. The van der Waals surface area contributed by atoms with Crippen LogP contribution >= 0.6 is 24.0 Å². The van der Waals surface area contributed by atoms with Crippen molar-refractivity contribution in [3.05, 3.63) is 42.0 Å². The molecule has 0 bridgehead atoms. The zero-order chi connectivity index (χ0) is 18.8. The third-order valence-corrected chi connectivity index (χ3v) is 3.06. The van der Waals surface area contributed by atoms with Gasteiger partial charge in [-0.1, -0.05) is 30.4 Å². The Morgan fingerprint density at radius 1 is 1.27 bits per heavy atom. The number of nitrogens with zero attached hydrogens (tertiary/aromatic N) is 2. The second-order valence-corrected chi connectivity index (χ2v) is 5.60. The molecule has 9 heteroatoms. The summed E-state index contributed by atoms with van der Waals surface area (Å²) in [6, 6.07) is 6.44. The Morgan fingerprint density at radius 2 is 1.88 bits per heavy atom. The molecule has 0 atom stereocenters. The number of benzene rings is 1. The highest BCUT2D eigenvalue weighted by atomic mass is 127. The first-order valence-electron chi connectivity index (χ1n) is 7.69. The van der Waals surface area contributed by atoms with Gasteiger partial charge in [-0.3, -0.25) is 4.79 Å². The summed E-state index contributed by atoms with van der Waals surface area (Å²) in [4.78, 5) is 17.5. The van der Waals surface area contributed by atoms with Crippen molar-refractivity contribution in [2.45, 2.75) is 20.1 Å². The van der Waals surface area contributed by atoms with Crippen LogP contribution in [0, 0.1) is 0 Å². The zero-order valence-electron chi connectivity index (χ0n) is 15.1. The molecule has 2 N–H and O–H groups in total. The molecular weight excluding hydrogens is 457 g/mol. The van der Waals surface area contributed by atoms with Crippen molar-refractivity contribution < 1.29 is 18.3 Å². The third-order valence-electron chi connectivity index (χ3n) is 3.06. The maximum absolute atomic E-state index is 12.5. The summed E-state index contributed by atoms with van der Waals surface area (Å²) in [5.74, 6) is 0.334. The molecule has 1 aromatic rings. The summed E-state index contributed by atoms with van der Waals surface area (Å²) in [6.45, 7) is 3.38. The van der Waals surface area contributed by atoms with Crippen LogP contribution in [-0.4, -0.2) is 50.6 Å². The number of hydrogen-bond donors (Lipinski definition) is 2. The number of alkyl halides is 2. The fourth-order valence-corrected chi connectivity index (χ4v) is 1.74. The lowest BCUT2D eigenvalue weighted by Gasteiger charge is -2.15. The van der Waals surface area contributed by atoms with Crippen LogP contribution in [0.1, 0.15) is 12.5 Å². The van der Waals surface area contributed by atoms with Crippen molar-refractivity contribution >= 4 is 35.8 Å². The summed E-state index contributed by atoms with van der Waals surface area (Å²) >= 11 is 0. The van der Waals surface area contributed by atoms with Gasteiger partial charge in [-0.05, 0) is 13.0 Å². The Kier molecular flexibility index (Phi) is 11.5. The van der Waals surface area contributed by atoms with Crippen molar-refractivity contribution in [1.82, 2.24) is 15.5 Å². The predicted octanol–water partition coefficient (Wildman–Crippen LogP) is 2.61. The number of ether oxygens (including phenoxy) is 1. The predicted molar refractivity (Wildman–Crippen MR) is 109 cm³/mol. The lowest BCUT2D eigenvalue weighted by Crippen LogP contribution is -2.43. The first-order chi connectivity index (χ1) is 11.8. The number of para-hydroxylation sites is 1. The van der Waals surface area contributed by atoms with Gasteiger partial charge in [0.05, 0.1) is 13.1 Å². The topological polar surface area (TPSA) is 66.0 Å². The average molecular weight is 482 g/mol. The van der Waals surface area contributed by atoms with Crippen LogP contribution in [0.5, 0.6) is 5.75 Å². The van der Waals surface area contributed by atoms with E-state index >= 15 is 0 Å². The van der Waals surface area contributed by atoms with E-state index in [9.17, 15) is 13.6 Å². The van der Waals surface area contributed by atoms with E-state index in [1.165, 1.54) is 11.0 Å². The molecule has 0 saturated carbocycles. The largest absolute Gasteiger partial charge is 0.434 e. The number of carbonyl (C=O) groups excluding carboxylic acids is 1. The first-order valence-corrected chi connectivity index (χ1v) is 7.69. The highest BCUT2D eigenvalue weighted by molar-refractivity contribution is 14.0. The molecule has 6 nitrogen and oxygen atoms in total. The number of halogens is 3. The highest BCUT2D eigenvalue weighted by Gasteiger charge is 2.10. The van der Waals surface area contributed by atoms with E-state index in [2.05, 4.69) is 26.9 Å². The molecule has 0 aliphatic carbocycles. The van der Waals surface area contributed by atoms with Gasteiger partial charge in [0.15, 0.2) is 5.96 Å². The van der Waals surface area contributed by atoms with Crippen LogP contribution in [0.4, 0.5) is 8.78 Å². The number of rotatable bonds is 8. The summed E-state index contributed by atoms with van der Waals surface area (Å²) in [5.41, 5.74) is 1.40. The second-order valence-electron chi connectivity index (χ2n) is 5.60. The van der Waals surface area contributed by atoms with Crippen LogP contribution in [0.2, 0.25) is 0 Å². The maximum Gasteiger partial charge on any atom is 0.387 e. The Balaban J connectivity index is 0.00000625. The van der Waals surface area contributed by atoms with E-state index in [0.29, 0.717) is 18.1 Å². The Bertz CT molecular complexity index is 625. The number of carbonyl (C=O) groups is 1. The Labute approximate surface area is 169 Å². The van der Waals surface area contributed by atoms with Crippen molar-refractivity contribution in [3.8, 4) is 5.75 Å². The van der Waals surface area contributed by atoms with Gasteiger partial charge in [0.25, 0.3) is 0 Å². The van der Waals surface area contributed by atoms with Crippen LogP contribution in [-0.2, 0) is 11.3 Å². The molecule has 146 valence electrons. The maximum atomic E-state index is 12.5. The lowest BCUT2D eigenvalue weighted by atomic mass is 10.2. The van der Waals surface area contributed by atoms with Crippen molar-refractivity contribution in [2.75, 3.05) is 27.2 Å². The smallest absolute Gasteiger partial charge is 0.387 e. The van der Waals surface area contributed by atoms with Crippen molar-refractivity contribution in [3.63, 3.8) is 0 Å². The average Bonchev–Trinajstić information content (AvgIpc) is 2.54. The second kappa shape index (κ2) is 12.4. The van der Waals surface area contributed by atoms with Crippen LogP contribution in [0.15, 0.2) is 41.4 Å². The van der Waals surface area contributed by atoms with Crippen LogP contribution in [0.25, 0.3) is 0 Å². The minimum absolute atomic E-state index is 0. The Morgan fingerprint density at radius 3 is 2.46 bits per heavy atom. The number of guanidine groups is 1. The molecule has 0 radical (unpaired) electrons. The van der Waals surface area contributed by atoms with Gasteiger partial charge in [-0.25, -0.2) is 4.99 Å². The van der Waals surface area contributed by atoms with Gasteiger partial charge in [0.2, 0.25) is 5.91 Å². The van der Waals surface area contributed by atoms with E-state index < -0.39 is 6.61 Å². The fourth-order valence-electron chi connectivity index (χ4n) is 1.74. The highest BCUT2D eigenvalue weighted by Crippen LogP contribution is 2.20. The lowest BCUT2D eigenvalue weighted by molar-refractivity contribution is -0.127. The van der Waals surface area contributed by atoms with E-state index in [1.54, 1.807) is 32.3 Å². The van der Waals surface area contributed by atoms with Gasteiger partial charge in [0, 0.05) is 26.2 Å². The van der Waals surface area contributed by atoms with Crippen LogP contribution < -0.4 is 15.4 Å².